The van der Waals surface area contributed by atoms with E-state index in [4.69, 9.17) is 9.84 Å². The first kappa shape index (κ1) is 15.5. The fourth-order valence-electron chi connectivity index (χ4n) is 1.78. The third-order valence-corrected chi connectivity index (χ3v) is 4.00. The highest BCUT2D eigenvalue weighted by Gasteiger charge is 2.30. The van der Waals surface area contributed by atoms with Gasteiger partial charge in [0, 0.05) is 6.26 Å². The fraction of sp³-hybridized carbons (Fsp3) is 0.462. The van der Waals surface area contributed by atoms with Gasteiger partial charge in [0.1, 0.15) is 10.6 Å². The molecule has 0 aliphatic heterocycles. The lowest BCUT2D eigenvalue weighted by Crippen LogP contribution is -2.26. The maximum Gasteiger partial charge on any atom is 0.309 e. The summed E-state index contributed by atoms with van der Waals surface area (Å²) < 4.78 is 28.5. The molecule has 0 aliphatic carbocycles. The summed E-state index contributed by atoms with van der Waals surface area (Å²) in [5.74, 6) is -0.723. The smallest absolute Gasteiger partial charge is 0.309 e. The lowest BCUT2D eigenvalue weighted by atomic mass is 9.85. The second-order valence-corrected chi connectivity index (χ2v) is 7.07. The minimum atomic E-state index is -3.42. The Morgan fingerprint density at radius 1 is 1.37 bits per heavy atom. The molecule has 1 rings (SSSR count). The van der Waals surface area contributed by atoms with Gasteiger partial charge in [-0.1, -0.05) is 12.1 Å². The number of carbonyl (C=O) groups is 1. The van der Waals surface area contributed by atoms with E-state index in [-0.39, 0.29) is 17.1 Å². The lowest BCUT2D eigenvalue weighted by Gasteiger charge is -2.21. The van der Waals surface area contributed by atoms with E-state index in [1.165, 1.54) is 13.2 Å². The van der Waals surface area contributed by atoms with Gasteiger partial charge in [-0.15, -0.1) is 0 Å². The first-order valence-corrected chi connectivity index (χ1v) is 7.58. The minimum absolute atomic E-state index is 0.0775. The number of carboxylic acid groups (broad SMARTS) is 1. The van der Waals surface area contributed by atoms with Crippen LogP contribution in [0.3, 0.4) is 0 Å². The van der Waals surface area contributed by atoms with Gasteiger partial charge in [0.2, 0.25) is 0 Å². The Morgan fingerprint density at radius 2 is 1.95 bits per heavy atom. The van der Waals surface area contributed by atoms with Crippen LogP contribution in [0, 0.1) is 5.41 Å². The van der Waals surface area contributed by atoms with Gasteiger partial charge in [0.25, 0.3) is 0 Å². The molecule has 0 amide bonds. The highest BCUT2D eigenvalue weighted by Crippen LogP contribution is 2.33. The Labute approximate surface area is 113 Å². The van der Waals surface area contributed by atoms with Crippen molar-refractivity contribution in [3.8, 4) is 5.75 Å². The van der Waals surface area contributed by atoms with Crippen LogP contribution in [0.5, 0.6) is 5.75 Å². The number of benzene rings is 1. The van der Waals surface area contributed by atoms with Gasteiger partial charge in [0.15, 0.2) is 9.84 Å². The van der Waals surface area contributed by atoms with Crippen molar-refractivity contribution in [3.05, 3.63) is 23.8 Å². The average Bonchev–Trinajstić information content (AvgIpc) is 2.26. The van der Waals surface area contributed by atoms with Crippen LogP contribution in [0.4, 0.5) is 0 Å². The summed E-state index contributed by atoms with van der Waals surface area (Å²) >= 11 is 0. The average molecular weight is 286 g/mol. The van der Waals surface area contributed by atoms with Crippen molar-refractivity contribution < 1.29 is 23.1 Å². The van der Waals surface area contributed by atoms with E-state index < -0.39 is 21.2 Å². The van der Waals surface area contributed by atoms with Crippen LogP contribution in [0.1, 0.15) is 19.4 Å². The summed E-state index contributed by atoms with van der Waals surface area (Å²) in [5, 5.41) is 9.14. The molecule has 0 spiro atoms. The first-order chi connectivity index (χ1) is 8.59. The molecule has 0 aromatic heterocycles. The van der Waals surface area contributed by atoms with Crippen molar-refractivity contribution in [1.82, 2.24) is 0 Å². The van der Waals surface area contributed by atoms with E-state index in [9.17, 15) is 13.2 Å². The Hall–Kier alpha value is -1.56. The fourth-order valence-corrected chi connectivity index (χ4v) is 2.65. The number of carboxylic acids is 1. The molecule has 1 aromatic rings. The number of sulfone groups is 1. The second-order valence-electron chi connectivity index (χ2n) is 5.09. The quantitative estimate of drug-likeness (QED) is 0.892. The van der Waals surface area contributed by atoms with Gasteiger partial charge in [-0.3, -0.25) is 4.79 Å². The molecular formula is C13H18O5S. The summed E-state index contributed by atoms with van der Waals surface area (Å²) in [7, 11) is -2.04. The monoisotopic (exact) mass is 286 g/mol. The number of hydrogen-bond acceptors (Lipinski definition) is 4. The normalized spacial score (nSPS) is 12.2. The van der Waals surface area contributed by atoms with Gasteiger partial charge >= 0.3 is 5.97 Å². The number of rotatable bonds is 5. The molecule has 0 saturated carbocycles. The summed E-state index contributed by atoms with van der Waals surface area (Å²) in [6.45, 7) is 3.17. The van der Waals surface area contributed by atoms with E-state index in [1.54, 1.807) is 26.0 Å². The van der Waals surface area contributed by atoms with E-state index in [1.807, 2.05) is 0 Å². The van der Waals surface area contributed by atoms with Gasteiger partial charge < -0.3 is 9.84 Å². The molecule has 0 heterocycles. The number of para-hydroxylation sites is 1. The Balaban J connectivity index is 3.35. The van der Waals surface area contributed by atoms with Crippen LogP contribution in [0.15, 0.2) is 23.1 Å². The van der Waals surface area contributed by atoms with Crippen molar-refractivity contribution >= 4 is 15.8 Å². The molecule has 0 fully saturated rings. The minimum Gasteiger partial charge on any atom is -0.495 e. The van der Waals surface area contributed by atoms with Crippen LogP contribution >= 0.6 is 0 Å². The highest BCUT2D eigenvalue weighted by atomic mass is 32.2. The van der Waals surface area contributed by atoms with Gasteiger partial charge in [-0.05, 0) is 31.9 Å². The standard InChI is InChI=1S/C13H18O5S/c1-13(2,12(14)15)8-9-6-5-7-10(11(9)18-3)19(4,16)17/h5-7H,8H2,1-4H3,(H,14,15). The third kappa shape index (κ3) is 3.47. The predicted molar refractivity (Wildman–Crippen MR) is 71.2 cm³/mol. The Morgan fingerprint density at radius 3 is 2.37 bits per heavy atom. The zero-order valence-corrected chi connectivity index (χ0v) is 12.2. The van der Waals surface area contributed by atoms with Gasteiger partial charge in [-0.2, -0.15) is 0 Å². The summed E-state index contributed by atoms with van der Waals surface area (Å²) in [4.78, 5) is 11.2. The molecule has 5 nitrogen and oxygen atoms in total. The van der Waals surface area contributed by atoms with E-state index in [2.05, 4.69) is 0 Å². The van der Waals surface area contributed by atoms with E-state index >= 15 is 0 Å². The van der Waals surface area contributed by atoms with Crippen molar-refractivity contribution in [2.75, 3.05) is 13.4 Å². The number of aliphatic carboxylic acids is 1. The summed E-state index contributed by atoms with van der Waals surface area (Å²) in [6.07, 6.45) is 1.28. The first-order valence-electron chi connectivity index (χ1n) is 5.69. The number of methoxy groups -OCH3 is 1. The number of hydrogen-bond donors (Lipinski definition) is 1. The van der Waals surface area contributed by atoms with Crippen LogP contribution in [-0.4, -0.2) is 32.9 Å². The topological polar surface area (TPSA) is 80.7 Å². The largest absolute Gasteiger partial charge is 0.495 e. The van der Waals surface area contributed by atoms with Crippen molar-refractivity contribution in [1.29, 1.82) is 0 Å². The van der Waals surface area contributed by atoms with Crippen molar-refractivity contribution in [2.24, 2.45) is 5.41 Å². The van der Waals surface area contributed by atoms with E-state index in [0.29, 0.717) is 5.56 Å². The molecule has 0 aliphatic rings. The number of ether oxygens (including phenoxy) is 1. The van der Waals surface area contributed by atoms with Gasteiger partial charge in [0.05, 0.1) is 12.5 Å². The van der Waals surface area contributed by atoms with E-state index in [0.717, 1.165) is 6.26 Å². The van der Waals surface area contributed by atoms with Crippen LogP contribution in [-0.2, 0) is 21.1 Å². The molecule has 19 heavy (non-hydrogen) atoms. The van der Waals surface area contributed by atoms with Crippen LogP contribution in [0.25, 0.3) is 0 Å². The summed E-state index contributed by atoms with van der Waals surface area (Å²) in [6, 6.07) is 4.72. The van der Waals surface area contributed by atoms with Crippen LogP contribution in [0.2, 0.25) is 0 Å². The molecule has 0 radical (unpaired) electrons. The van der Waals surface area contributed by atoms with Crippen molar-refractivity contribution in [2.45, 2.75) is 25.2 Å². The molecule has 1 N–H and O–H groups in total. The molecular weight excluding hydrogens is 268 g/mol. The maximum absolute atomic E-state index is 11.7. The Kier molecular flexibility index (Phi) is 4.25. The SMILES string of the molecule is COc1c(CC(C)(C)C(=O)O)cccc1S(C)(=O)=O. The zero-order chi connectivity index (χ0) is 14.8. The lowest BCUT2D eigenvalue weighted by molar-refractivity contribution is -0.146. The van der Waals surface area contributed by atoms with Crippen molar-refractivity contribution in [3.63, 3.8) is 0 Å². The molecule has 1 aromatic carbocycles. The molecule has 0 unspecified atom stereocenters. The maximum atomic E-state index is 11.7. The molecule has 0 saturated heterocycles. The molecule has 0 bridgehead atoms. The molecule has 6 heteroatoms. The predicted octanol–water partition coefficient (Wildman–Crippen LogP) is 1.75. The summed E-state index contributed by atoms with van der Waals surface area (Å²) in [5.41, 5.74) is -0.429. The highest BCUT2D eigenvalue weighted by molar-refractivity contribution is 7.90. The van der Waals surface area contributed by atoms with Crippen LogP contribution < -0.4 is 4.74 Å². The molecule has 106 valence electrons. The second kappa shape index (κ2) is 5.21. The third-order valence-electron chi connectivity index (χ3n) is 2.88. The zero-order valence-electron chi connectivity index (χ0n) is 11.4. The van der Waals surface area contributed by atoms with Gasteiger partial charge in [-0.25, -0.2) is 8.42 Å². The molecule has 0 atom stereocenters. The Bertz CT molecular complexity index is 587.